The highest BCUT2D eigenvalue weighted by atomic mass is 79.9. The molecule has 0 unspecified atom stereocenters. The molecule has 0 spiro atoms. The lowest BCUT2D eigenvalue weighted by Crippen LogP contribution is -1.95. The Bertz CT molecular complexity index is 734. The Kier molecular flexibility index (Phi) is 3.63. The van der Waals surface area contributed by atoms with Crippen LogP contribution in [-0.4, -0.2) is 15.0 Å². The normalized spacial score (nSPS) is 10.8. The lowest BCUT2D eigenvalue weighted by molar-refractivity contribution is 0.305. The van der Waals surface area contributed by atoms with E-state index in [4.69, 9.17) is 16.3 Å². The van der Waals surface area contributed by atoms with Crippen molar-refractivity contribution in [2.45, 2.75) is 6.61 Å². The van der Waals surface area contributed by atoms with E-state index in [1.807, 2.05) is 17.5 Å². The molecule has 0 saturated carbocycles. The van der Waals surface area contributed by atoms with Crippen LogP contribution in [0.4, 0.5) is 0 Å². The van der Waals surface area contributed by atoms with E-state index in [-0.39, 0.29) is 0 Å². The topological polar surface area (TPSA) is 47.9 Å². The molecule has 3 aromatic heterocycles. The second-order valence-electron chi connectivity index (χ2n) is 3.70. The summed E-state index contributed by atoms with van der Waals surface area (Å²) in [6, 6.07) is 3.74. The van der Waals surface area contributed by atoms with Gasteiger partial charge in [0.15, 0.2) is 5.15 Å². The third kappa shape index (κ3) is 2.86. The minimum Gasteiger partial charge on any atom is -0.485 e. The molecule has 0 aliphatic rings. The fourth-order valence-corrected chi connectivity index (χ4v) is 2.97. The molecule has 96 valence electrons. The Morgan fingerprint density at radius 2 is 2.26 bits per heavy atom. The van der Waals surface area contributed by atoms with Gasteiger partial charge in [-0.05, 0) is 28.1 Å². The fourth-order valence-electron chi connectivity index (χ4n) is 1.58. The average Bonchev–Trinajstić information content (AvgIpc) is 2.82. The Balaban J connectivity index is 1.82. The lowest BCUT2D eigenvalue weighted by Gasteiger charge is -2.05. The highest BCUT2D eigenvalue weighted by Gasteiger charge is 2.05. The van der Waals surface area contributed by atoms with E-state index < -0.39 is 0 Å². The van der Waals surface area contributed by atoms with Gasteiger partial charge < -0.3 is 4.74 Å². The molecule has 0 aliphatic carbocycles. The van der Waals surface area contributed by atoms with Crippen molar-refractivity contribution in [1.82, 2.24) is 15.0 Å². The number of aromatic nitrogens is 3. The van der Waals surface area contributed by atoms with Crippen LogP contribution in [0.2, 0.25) is 5.15 Å². The van der Waals surface area contributed by atoms with E-state index in [1.54, 1.807) is 23.7 Å². The molecular formula is C12H7BrClN3OS. The molecule has 3 heterocycles. The van der Waals surface area contributed by atoms with Gasteiger partial charge in [-0.3, -0.25) is 0 Å². The number of fused-ring (bicyclic) bond motifs is 1. The summed E-state index contributed by atoms with van der Waals surface area (Å²) < 4.78 is 6.48. The summed E-state index contributed by atoms with van der Waals surface area (Å²) in [6.07, 6.45) is 3.28. The van der Waals surface area contributed by atoms with Crippen LogP contribution < -0.4 is 4.74 Å². The zero-order valence-electron chi connectivity index (χ0n) is 9.51. The zero-order valence-corrected chi connectivity index (χ0v) is 12.7. The minimum absolute atomic E-state index is 0.396. The van der Waals surface area contributed by atoms with Gasteiger partial charge in [0.1, 0.15) is 27.5 Å². The summed E-state index contributed by atoms with van der Waals surface area (Å²) in [6.45, 7) is 0.419. The monoisotopic (exact) mass is 355 g/mol. The van der Waals surface area contributed by atoms with Crippen molar-refractivity contribution in [2.24, 2.45) is 0 Å². The first kappa shape index (κ1) is 12.8. The van der Waals surface area contributed by atoms with Crippen LogP contribution in [0.1, 0.15) is 5.01 Å². The van der Waals surface area contributed by atoms with E-state index in [2.05, 4.69) is 30.9 Å². The number of thiazole rings is 1. The molecule has 4 nitrogen and oxygen atoms in total. The SMILES string of the molecule is Clc1nccc2cc(OCc3nc(Br)cs3)cnc12. The molecule has 0 N–H and O–H groups in total. The highest BCUT2D eigenvalue weighted by molar-refractivity contribution is 9.10. The van der Waals surface area contributed by atoms with Gasteiger partial charge in [-0.1, -0.05) is 11.6 Å². The van der Waals surface area contributed by atoms with Crippen molar-refractivity contribution in [2.75, 3.05) is 0 Å². The van der Waals surface area contributed by atoms with Crippen LogP contribution in [0.5, 0.6) is 5.75 Å². The second kappa shape index (κ2) is 5.40. The summed E-state index contributed by atoms with van der Waals surface area (Å²) in [5.74, 6) is 0.682. The molecule has 19 heavy (non-hydrogen) atoms. The van der Waals surface area contributed by atoms with E-state index in [1.165, 1.54) is 0 Å². The molecule has 0 bridgehead atoms. The van der Waals surface area contributed by atoms with Gasteiger partial charge in [0, 0.05) is 17.0 Å². The van der Waals surface area contributed by atoms with Gasteiger partial charge in [-0.25, -0.2) is 15.0 Å². The number of halogens is 2. The molecule has 0 fully saturated rings. The van der Waals surface area contributed by atoms with Crippen LogP contribution in [0.25, 0.3) is 10.9 Å². The predicted molar refractivity (Wildman–Crippen MR) is 78.7 cm³/mol. The molecule has 0 radical (unpaired) electrons. The summed E-state index contributed by atoms with van der Waals surface area (Å²) in [4.78, 5) is 12.5. The maximum Gasteiger partial charge on any atom is 0.155 e. The van der Waals surface area contributed by atoms with E-state index in [9.17, 15) is 0 Å². The van der Waals surface area contributed by atoms with Crippen molar-refractivity contribution in [3.05, 3.63) is 44.7 Å². The van der Waals surface area contributed by atoms with Gasteiger partial charge in [0.25, 0.3) is 0 Å². The third-order valence-corrected chi connectivity index (χ3v) is 4.22. The average molecular weight is 357 g/mol. The second-order valence-corrected chi connectivity index (χ2v) is 5.81. The minimum atomic E-state index is 0.396. The molecule has 3 rings (SSSR count). The molecule has 0 aromatic carbocycles. The predicted octanol–water partition coefficient (Wildman–Crippen LogP) is 4.08. The Labute approximate surface area is 126 Å². The Morgan fingerprint density at radius 1 is 1.37 bits per heavy atom. The van der Waals surface area contributed by atoms with Gasteiger partial charge in [-0.2, -0.15) is 0 Å². The van der Waals surface area contributed by atoms with Crippen molar-refractivity contribution in [3.63, 3.8) is 0 Å². The van der Waals surface area contributed by atoms with E-state index in [0.29, 0.717) is 23.0 Å². The maximum atomic E-state index is 5.96. The van der Waals surface area contributed by atoms with Crippen LogP contribution in [0, 0.1) is 0 Å². The highest BCUT2D eigenvalue weighted by Crippen LogP contribution is 2.23. The van der Waals surface area contributed by atoms with Crippen molar-refractivity contribution in [1.29, 1.82) is 0 Å². The number of nitrogens with zero attached hydrogens (tertiary/aromatic N) is 3. The molecule has 0 amide bonds. The van der Waals surface area contributed by atoms with Gasteiger partial charge in [0.05, 0.1) is 6.20 Å². The first-order valence-corrected chi connectivity index (χ1v) is 7.40. The summed E-state index contributed by atoms with van der Waals surface area (Å²) >= 11 is 10.8. The van der Waals surface area contributed by atoms with E-state index in [0.717, 1.165) is 15.0 Å². The third-order valence-electron chi connectivity index (χ3n) is 2.42. The number of pyridine rings is 2. The van der Waals surface area contributed by atoms with Crippen molar-refractivity contribution >= 4 is 49.8 Å². The van der Waals surface area contributed by atoms with Gasteiger partial charge in [0.2, 0.25) is 0 Å². The number of hydrogen-bond donors (Lipinski definition) is 0. The van der Waals surface area contributed by atoms with Crippen LogP contribution >= 0.6 is 38.9 Å². The van der Waals surface area contributed by atoms with Crippen molar-refractivity contribution in [3.8, 4) is 5.75 Å². The van der Waals surface area contributed by atoms with Crippen LogP contribution in [0.15, 0.2) is 34.5 Å². The zero-order chi connectivity index (χ0) is 13.2. The standard InChI is InChI=1S/C12H7BrClN3OS/c13-9-6-19-10(17-9)5-18-8-3-7-1-2-15-12(14)11(7)16-4-8/h1-4,6H,5H2. The van der Waals surface area contributed by atoms with Gasteiger partial charge >= 0.3 is 0 Å². The summed E-state index contributed by atoms with van der Waals surface area (Å²) in [5, 5.41) is 4.12. The van der Waals surface area contributed by atoms with Crippen LogP contribution in [-0.2, 0) is 6.61 Å². The molecule has 0 atom stereocenters. The van der Waals surface area contributed by atoms with Crippen molar-refractivity contribution < 1.29 is 4.74 Å². The quantitative estimate of drug-likeness (QED) is 0.663. The fraction of sp³-hybridized carbons (Fsp3) is 0.0833. The Morgan fingerprint density at radius 3 is 3.05 bits per heavy atom. The van der Waals surface area contributed by atoms with E-state index >= 15 is 0 Å². The molecule has 7 heteroatoms. The lowest BCUT2D eigenvalue weighted by atomic mass is 10.2. The molecule has 0 aliphatic heterocycles. The summed E-state index contributed by atoms with van der Waals surface area (Å²) in [5.41, 5.74) is 0.675. The maximum absolute atomic E-state index is 5.96. The number of rotatable bonds is 3. The summed E-state index contributed by atoms with van der Waals surface area (Å²) in [7, 11) is 0. The largest absolute Gasteiger partial charge is 0.485 e. The van der Waals surface area contributed by atoms with Gasteiger partial charge in [-0.15, -0.1) is 11.3 Å². The first-order valence-electron chi connectivity index (χ1n) is 5.35. The molecule has 3 aromatic rings. The molecule has 0 saturated heterocycles. The number of ether oxygens (including phenoxy) is 1. The molecular weight excluding hydrogens is 350 g/mol. The van der Waals surface area contributed by atoms with Crippen LogP contribution in [0.3, 0.4) is 0 Å². The number of hydrogen-bond acceptors (Lipinski definition) is 5. The Hall–Kier alpha value is -1.24. The first-order chi connectivity index (χ1) is 9.22. The smallest absolute Gasteiger partial charge is 0.155 e.